The number of carboxylic acids is 1. The van der Waals surface area contributed by atoms with E-state index >= 15 is 0 Å². The van der Waals surface area contributed by atoms with Gasteiger partial charge in [-0.1, -0.05) is 25.5 Å². The Morgan fingerprint density at radius 3 is 2.61 bits per heavy atom. The fourth-order valence-electron chi connectivity index (χ4n) is 7.34. The molecule has 4 aliphatic carbocycles. The molecule has 0 amide bonds. The number of aliphatic hydroxyl groups excluding tert-OH is 1. The number of carboxylic acid groups (broad SMARTS) is 1. The lowest BCUT2D eigenvalue weighted by atomic mass is 9.46. The molecule has 0 saturated heterocycles. The molecule has 0 aromatic carbocycles. The number of carbonyl (C=O) groups excluding carboxylic acids is 3. The summed E-state index contributed by atoms with van der Waals surface area (Å²) in [4.78, 5) is 47.4. The Balaban J connectivity index is 1.53. The predicted octanol–water partition coefficient (Wildman–Crippen LogP) is 1.97. The minimum atomic E-state index is -1.73. The smallest absolute Gasteiger partial charge is 0.306 e. The van der Waals surface area contributed by atoms with Crippen LogP contribution in [-0.2, 0) is 23.9 Å². The molecule has 33 heavy (non-hydrogen) atoms. The molecule has 3 fully saturated rings. The number of fused-ring (bicyclic) bond motifs is 5. The number of rotatable bonds is 6. The van der Waals surface area contributed by atoms with Crippen LogP contribution in [0.1, 0.15) is 58.8 Å². The molecule has 8 heteroatoms. The number of aliphatic carboxylic acids is 1. The molecular formula is C25H32O8. The van der Waals surface area contributed by atoms with Gasteiger partial charge in [-0.25, -0.2) is 0 Å². The highest BCUT2D eigenvalue weighted by Crippen LogP contribution is 2.67. The van der Waals surface area contributed by atoms with Crippen molar-refractivity contribution >= 4 is 23.5 Å². The molecule has 4 rings (SSSR count). The zero-order chi connectivity index (χ0) is 24.2. The molecular weight excluding hydrogens is 428 g/mol. The van der Waals surface area contributed by atoms with Crippen molar-refractivity contribution in [1.82, 2.24) is 0 Å². The van der Waals surface area contributed by atoms with Crippen molar-refractivity contribution in [3.63, 3.8) is 0 Å². The van der Waals surface area contributed by atoms with Crippen molar-refractivity contribution in [3.05, 3.63) is 23.8 Å². The van der Waals surface area contributed by atoms with Crippen molar-refractivity contribution < 1.29 is 39.2 Å². The fourth-order valence-corrected chi connectivity index (χ4v) is 7.34. The normalized spacial score (nSPS) is 41.5. The summed E-state index contributed by atoms with van der Waals surface area (Å²) in [5, 5.41) is 31.6. The molecule has 0 bridgehead atoms. The largest absolute Gasteiger partial charge is 0.481 e. The van der Waals surface area contributed by atoms with E-state index < -0.39 is 46.9 Å². The Kier molecular flexibility index (Phi) is 5.90. The van der Waals surface area contributed by atoms with E-state index in [0.717, 1.165) is 18.4 Å². The Bertz CT molecular complexity index is 950. The monoisotopic (exact) mass is 460 g/mol. The van der Waals surface area contributed by atoms with Crippen LogP contribution >= 0.6 is 0 Å². The van der Waals surface area contributed by atoms with Gasteiger partial charge in [-0.15, -0.1) is 0 Å². The van der Waals surface area contributed by atoms with Gasteiger partial charge in [-0.05, 0) is 56.1 Å². The maximum absolute atomic E-state index is 13.1. The molecule has 3 N–H and O–H groups in total. The van der Waals surface area contributed by atoms with Gasteiger partial charge < -0.3 is 20.1 Å². The fraction of sp³-hybridized carbons (Fsp3) is 0.680. The highest BCUT2D eigenvalue weighted by atomic mass is 16.5. The maximum Gasteiger partial charge on any atom is 0.306 e. The number of aliphatic hydroxyl groups is 2. The molecule has 0 heterocycles. The summed E-state index contributed by atoms with van der Waals surface area (Å²) < 4.78 is 4.96. The summed E-state index contributed by atoms with van der Waals surface area (Å²) >= 11 is 0. The number of ketones is 2. The molecule has 0 aromatic heterocycles. The van der Waals surface area contributed by atoms with E-state index in [0.29, 0.717) is 6.42 Å². The summed E-state index contributed by atoms with van der Waals surface area (Å²) in [6.07, 6.45) is 6.27. The minimum absolute atomic E-state index is 0.00645. The number of esters is 1. The van der Waals surface area contributed by atoms with Gasteiger partial charge in [0, 0.05) is 16.7 Å². The highest BCUT2D eigenvalue weighted by molar-refractivity contribution is 6.01. The lowest BCUT2D eigenvalue weighted by Gasteiger charge is -2.59. The first kappa shape index (κ1) is 23.8. The lowest BCUT2D eigenvalue weighted by molar-refractivity contribution is -0.181. The second kappa shape index (κ2) is 8.17. The van der Waals surface area contributed by atoms with Crippen LogP contribution in [0.3, 0.4) is 0 Å². The van der Waals surface area contributed by atoms with Gasteiger partial charge in [-0.3, -0.25) is 19.2 Å². The third kappa shape index (κ3) is 3.67. The molecule has 0 aliphatic heterocycles. The van der Waals surface area contributed by atoms with E-state index in [2.05, 4.69) is 6.92 Å². The first-order chi connectivity index (χ1) is 15.4. The second-order valence-electron chi connectivity index (χ2n) is 10.6. The number of allylic oxidation sites excluding steroid dienone is 4. The zero-order valence-corrected chi connectivity index (χ0v) is 19.1. The number of ether oxygens (including phenoxy) is 1. The van der Waals surface area contributed by atoms with Crippen LogP contribution in [0.25, 0.3) is 0 Å². The summed E-state index contributed by atoms with van der Waals surface area (Å²) in [6.45, 7) is 3.30. The van der Waals surface area contributed by atoms with Crippen molar-refractivity contribution in [2.45, 2.75) is 70.5 Å². The average Bonchev–Trinajstić information content (AvgIpc) is 3.02. The Morgan fingerprint density at radius 2 is 1.91 bits per heavy atom. The Morgan fingerprint density at radius 1 is 1.18 bits per heavy atom. The quantitative estimate of drug-likeness (QED) is 0.512. The van der Waals surface area contributed by atoms with Crippen molar-refractivity contribution in [2.75, 3.05) is 6.61 Å². The van der Waals surface area contributed by atoms with Crippen LogP contribution in [0, 0.1) is 28.6 Å². The number of hydrogen-bond acceptors (Lipinski definition) is 7. The summed E-state index contributed by atoms with van der Waals surface area (Å²) in [5.74, 6) is -2.58. The van der Waals surface area contributed by atoms with E-state index in [9.17, 15) is 29.4 Å². The third-order valence-electron chi connectivity index (χ3n) is 9.02. The minimum Gasteiger partial charge on any atom is -0.481 e. The van der Waals surface area contributed by atoms with Gasteiger partial charge in [0.1, 0.15) is 5.60 Å². The van der Waals surface area contributed by atoms with Gasteiger partial charge in [-0.2, -0.15) is 0 Å². The number of Topliss-reactive ketones (excluding diaryl/α,β-unsaturated/α-hetero) is 1. The topological polar surface area (TPSA) is 138 Å². The van der Waals surface area contributed by atoms with Crippen molar-refractivity contribution in [1.29, 1.82) is 0 Å². The molecule has 0 radical (unpaired) electrons. The zero-order valence-electron chi connectivity index (χ0n) is 19.1. The van der Waals surface area contributed by atoms with Gasteiger partial charge >= 0.3 is 11.9 Å². The molecule has 7 atom stereocenters. The number of carbonyl (C=O) groups is 4. The van der Waals surface area contributed by atoms with Crippen molar-refractivity contribution in [3.8, 4) is 0 Å². The van der Waals surface area contributed by atoms with E-state index in [1.54, 1.807) is 12.2 Å². The Labute approximate surface area is 192 Å². The highest BCUT2D eigenvalue weighted by Gasteiger charge is 2.68. The van der Waals surface area contributed by atoms with Crippen LogP contribution in [0.5, 0.6) is 0 Å². The molecule has 0 spiro atoms. The van der Waals surface area contributed by atoms with Crippen LogP contribution in [0.4, 0.5) is 0 Å². The van der Waals surface area contributed by atoms with Gasteiger partial charge in [0.2, 0.25) is 5.78 Å². The SMILES string of the molecule is C[C@@]12C=CC(=O)C=C1CCC1C2C(O)C[C@]2(C)C1CC[C@@]2(O)C(=O)COC(=O)CCC(=O)O. The first-order valence-corrected chi connectivity index (χ1v) is 11.7. The lowest BCUT2D eigenvalue weighted by Crippen LogP contribution is -2.61. The second-order valence-corrected chi connectivity index (χ2v) is 10.6. The van der Waals surface area contributed by atoms with Crippen LogP contribution in [0.15, 0.2) is 23.8 Å². The molecule has 4 unspecified atom stereocenters. The molecule has 0 aromatic rings. The molecule has 180 valence electrons. The average molecular weight is 461 g/mol. The van der Waals surface area contributed by atoms with E-state index in [-0.39, 0.29) is 49.2 Å². The standard InChI is InChI=1S/C25H32O8/c1-23-9-7-15(26)11-14(23)3-4-16-17-8-10-25(32,24(17,2)12-18(27)22(16)23)19(28)13-33-21(31)6-5-20(29)30/h7,9,11,16-18,22,27,32H,3-6,8,10,12-13H2,1-2H3,(H,29,30)/t16?,17?,18?,22?,23-,24-,25-/m1/s1. The molecule has 4 aliphatic rings. The van der Waals surface area contributed by atoms with Gasteiger partial charge in [0.25, 0.3) is 0 Å². The third-order valence-corrected chi connectivity index (χ3v) is 9.02. The van der Waals surface area contributed by atoms with Crippen LogP contribution in [0.2, 0.25) is 0 Å². The van der Waals surface area contributed by atoms with Gasteiger partial charge in [0.05, 0.1) is 18.9 Å². The van der Waals surface area contributed by atoms with Crippen molar-refractivity contribution in [2.24, 2.45) is 28.6 Å². The summed E-state index contributed by atoms with van der Waals surface area (Å²) in [6, 6.07) is 0. The summed E-state index contributed by atoms with van der Waals surface area (Å²) in [5.41, 5.74) is -1.99. The summed E-state index contributed by atoms with van der Waals surface area (Å²) in [7, 11) is 0. The molecule has 8 nitrogen and oxygen atoms in total. The predicted molar refractivity (Wildman–Crippen MR) is 116 cm³/mol. The van der Waals surface area contributed by atoms with Gasteiger partial charge in [0.15, 0.2) is 12.4 Å². The van der Waals surface area contributed by atoms with E-state index in [4.69, 9.17) is 9.84 Å². The van der Waals surface area contributed by atoms with E-state index in [1.807, 2.05) is 13.0 Å². The maximum atomic E-state index is 13.1. The van der Waals surface area contributed by atoms with Crippen LogP contribution in [-0.4, -0.2) is 57.1 Å². The molecule has 3 saturated carbocycles. The van der Waals surface area contributed by atoms with E-state index in [1.165, 1.54) is 0 Å². The van der Waals surface area contributed by atoms with Crippen LogP contribution < -0.4 is 0 Å². The Hall–Kier alpha value is -2.32. The first-order valence-electron chi connectivity index (χ1n) is 11.7. The number of hydrogen-bond donors (Lipinski definition) is 3.